The molecule has 0 saturated carbocycles. The van der Waals surface area contributed by atoms with Gasteiger partial charge in [-0.15, -0.1) is 0 Å². The highest BCUT2D eigenvalue weighted by Crippen LogP contribution is 2.19. The van der Waals surface area contributed by atoms with Gasteiger partial charge in [0.05, 0.1) is 0 Å². The summed E-state index contributed by atoms with van der Waals surface area (Å²) in [5.74, 6) is 1.49. The van der Waals surface area contributed by atoms with Crippen LogP contribution in [-0.4, -0.2) is 40.2 Å². The predicted octanol–water partition coefficient (Wildman–Crippen LogP) is 0.986. The number of likely N-dealkylation sites (tertiary alicyclic amines) is 1. The Morgan fingerprint density at radius 2 is 2.41 bits per heavy atom. The zero-order chi connectivity index (χ0) is 12.3. The monoisotopic (exact) mass is 238 g/mol. The highest BCUT2D eigenvalue weighted by atomic mass is 16.5. The number of likely N-dealkylation sites (N-methyl/N-ethyl adjacent to an activating group) is 1. The minimum atomic E-state index is 0.0712. The van der Waals surface area contributed by atoms with Crippen LogP contribution in [0.5, 0.6) is 0 Å². The molecule has 2 unspecified atom stereocenters. The lowest BCUT2D eigenvalue weighted by atomic mass is 10.1. The van der Waals surface area contributed by atoms with Gasteiger partial charge >= 0.3 is 0 Å². The van der Waals surface area contributed by atoms with E-state index >= 15 is 0 Å². The number of hydrogen-bond donors (Lipinski definition) is 1. The lowest BCUT2D eigenvalue weighted by Gasteiger charge is -2.20. The lowest BCUT2D eigenvalue weighted by molar-refractivity contribution is 0.261. The molecular formula is C12H22N4O. The van der Waals surface area contributed by atoms with Crippen molar-refractivity contribution < 1.29 is 4.52 Å². The van der Waals surface area contributed by atoms with E-state index in [2.05, 4.69) is 22.0 Å². The van der Waals surface area contributed by atoms with E-state index in [1.807, 2.05) is 6.92 Å². The van der Waals surface area contributed by atoms with Gasteiger partial charge in [-0.1, -0.05) is 12.1 Å². The summed E-state index contributed by atoms with van der Waals surface area (Å²) in [4.78, 5) is 6.89. The Hall–Kier alpha value is -0.940. The van der Waals surface area contributed by atoms with E-state index < -0.39 is 0 Å². The molecule has 2 heterocycles. The summed E-state index contributed by atoms with van der Waals surface area (Å²) in [5.41, 5.74) is 5.70. The maximum absolute atomic E-state index is 5.70. The molecule has 0 aliphatic carbocycles. The van der Waals surface area contributed by atoms with Crippen molar-refractivity contribution in [3.05, 3.63) is 11.7 Å². The molecule has 5 nitrogen and oxygen atoms in total. The predicted molar refractivity (Wildman–Crippen MR) is 65.6 cm³/mol. The van der Waals surface area contributed by atoms with Crippen LogP contribution in [0.4, 0.5) is 0 Å². The molecular weight excluding hydrogens is 216 g/mol. The Labute approximate surface area is 102 Å². The zero-order valence-corrected chi connectivity index (χ0v) is 10.7. The summed E-state index contributed by atoms with van der Waals surface area (Å²) in [7, 11) is 0. The molecule has 1 aromatic heterocycles. The minimum Gasteiger partial charge on any atom is -0.339 e. The fourth-order valence-corrected chi connectivity index (χ4v) is 2.48. The quantitative estimate of drug-likeness (QED) is 0.828. The summed E-state index contributed by atoms with van der Waals surface area (Å²) < 4.78 is 5.20. The van der Waals surface area contributed by atoms with Crippen LogP contribution in [0.2, 0.25) is 0 Å². The van der Waals surface area contributed by atoms with Gasteiger partial charge in [-0.25, -0.2) is 0 Å². The second kappa shape index (κ2) is 5.60. The van der Waals surface area contributed by atoms with Gasteiger partial charge in [0.2, 0.25) is 5.89 Å². The van der Waals surface area contributed by atoms with Crippen molar-refractivity contribution in [3.63, 3.8) is 0 Å². The molecule has 2 rings (SSSR count). The van der Waals surface area contributed by atoms with E-state index in [0.29, 0.717) is 18.4 Å². The largest absolute Gasteiger partial charge is 0.339 e. The molecule has 1 saturated heterocycles. The molecule has 1 fully saturated rings. The van der Waals surface area contributed by atoms with Crippen LogP contribution in [0.3, 0.4) is 0 Å². The van der Waals surface area contributed by atoms with E-state index in [9.17, 15) is 0 Å². The normalized spacial score (nSPS) is 23.1. The number of rotatable bonds is 5. The topological polar surface area (TPSA) is 68.2 Å². The zero-order valence-electron chi connectivity index (χ0n) is 10.7. The fraction of sp³-hybridized carbons (Fsp3) is 0.833. The number of aromatic nitrogens is 2. The molecule has 17 heavy (non-hydrogen) atoms. The highest BCUT2D eigenvalue weighted by molar-refractivity contribution is 4.93. The average Bonchev–Trinajstić information content (AvgIpc) is 2.87. The number of nitrogens with zero attached hydrogens (tertiary/aromatic N) is 3. The van der Waals surface area contributed by atoms with Crippen molar-refractivity contribution >= 4 is 0 Å². The lowest BCUT2D eigenvalue weighted by Crippen LogP contribution is -2.31. The first-order valence-corrected chi connectivity index (χ1v) is 6.50. The standard InChI is InChI=1S/C12H22N4O/c1-3-16-6-4-5-10(16)8-11-14-12(17-15-11)7-9(2)13/h9-10H,3-8,13H2,1-2H3. The Morgan fingerprint density at radius 3 is 3.12 bits per heavy atom. The molecule has 96 valence electrons. The Bertz CT molecular complexity index is 350. The van der Waals surface area contributed by atoms with Gasteiger partial charge in [0, 0.05) is 24.9 Å². The minimum absolute atomic E-state index is 0.0712. The van der Waals surface area contributed by atoms with Crippen molar-refractivity contribution in [1.82, 2.24) is 15.0 Å². The first-order valence-electron chi connectivity index (χ1n) is 6.50. The van der Waals surface area contributed by atoms with Crippen molar-refractivity contribution in [1.29, 1.82) is 0 Å². The van der Waals surface area contributed by atoms with E-state index in [0.717, 1.165) is 18.8 Å². The van der Waals surface area contributed by atoms with Crippen LogP contribution in [0, 0.1) is 0 Å². The second-order valence-electron chi connectivity index (χ2n) is 4.91. The third kappa shape index (κ3) is 3.26. The molecule has 2 atom stereocenters. The number of hydrogen-bond acceptors (Lipinski definition) is 5. The Kier molecular flexibility index (Phi) is 4.12. The Balaban J connectivity index is 1.92. The van der Waals surface area contributed by atoms with Gasteiger partial charge in [0.25, 0.3) is 0 Å². The van der Waals surface area contributed by atoms with Crippen LogP contribution in [0.15, 0.2) is 4.52 Å². The van der Waals surface area contributed by atoms with E-state index in [-0.39, 0.29) is 6.04 Å². The summed E-state index contributed by atoms with van der Waals surface area (Å²) in [6, 6.07) is 0.655. The van der Waals surface area contributed by atoms with Crippen LogP contribution < -0.4 is 5.73 Å². The van der Waals surface area contributed by atoms with Crippen LogP contribution >= 0.6 is 0 Å². The van der Waals surface area contributed by atoms with Crippen molar-refractivity contribution in [2.24, 2.45) is 5.73 Å². The maximum Gasteiger partial charge on any atom is 0.228 e. The Morgan fingerprint density at radius 1 is 1.59 bits per heavy atom. The van der Waals surface area contributed by atoms with Crippen LogP contribution in [0.25, 0.3) is 0 Å². The van der Waals surface area contributed by atoms with Gasteiger partial charge in [0.1, 0.15) is 0 Å². The first-order chi connectivity index (χ1) is 8.19. The average molecular weight is 238 g/mol. The molecule has 0 aromatic carbocycles. The molecule has 1 aromatic rings. The molecule has 0 radical (unpaired) electrons. The van der Waals surface area contributed by atoms with E-state index in [4.69, 9.17) is 10.3 Å². The first kappa shape index (κ1) is 12.5. The molecule has 0 amide bonds. The van der Waals surface area contributed by atoms with E-state index in [1.165, 1.54) is 19.4 Å². The van der Waals surface area contributed by atoms with Crippen molar-refractivity contribution in [2.75, 3.05) is 13.1 Å². The molecule has 1 aliphatic rings. The summed E-state index contributed by atoms with van der Waals surface area (Å²) >= 11 is 0. The summed E-state index contributed by atoms with van der Waals surface area (Å²) in [6.45, 7) is 6.46. The molecule has 1 aliphatic heterocycles. The number of nitrogens with two attached hydrogens (primary N) is 1. The van der Waals surface area contributed by atoms with Crippen LogP contribution in [-0.2, 0) is 12.8 Å². The van der Waals surface area contributed by atoms with Crippen molar-refractivity contribution in [2.45, 2.75) is 51.6 Å². The maximum atomic E-state index is 5.70. The van der Waals surface area contributed by atoms with Gasteiger partial charge in [-0.3, -0.25) is 0 Å². The van der Waals surface area contributed by atoms with E-state index in [1.54, 1.807) is 0 Å². The molecule has 0 spiro atoms. The van der Waals surface area contributed by atoms with Crippen molar-refractivity contribution in [3.8, 4) is 0 Å². The van der Waals surface area contributed by atoms with Crippen LogP contribution in [0.1, 0.15) is 38.4 Å². The third-order valence-electron chi connectivity index (χ3n) is 3.33. The van der Waals surface area contributed by atoms with Gasteiger partial charge < -0.3 is 15.2 Å². The SMILES string of the molecule is CCN1CCCC1Cc1noc(CC(C)N)n1. The van der Waals surface area contributed by atoms with Gasteiger partial charge in [0.15, 0.2) is 5.82 Å². The third-order valence-corrected chi connectivity index (χ3v) is 3.33. The fourth-order valence-electron chi connectivity index (χ4n) is 2.48. The smallest absolute Gasteiger partial charge is 0.228 e. The summed E-state index contributed by atoms with van der Waals surface area (Å²) in [5, 5.41) is 4.03. The molecule has 5 heteroatoms. The molecule has 0 bridgehead atoms. The molecule has 2 N–H and O–H groups in total. The van der Waals surface area contributed by atoms with Gasteiger partial charge in [-0.2, -0.15) is 4.98 Å². The van der Waals surface area contributed by atoms with Gasteiger partial charge in [-0.05, 0) is 32.9 Å². The second-order valence-corrected chi connectivity index (χ2v) is 4.91. The summed E-state index contributed by atoms with van der Waals surface area (Å²) in [6.07, 6.45) is 4.08. The highest BCUT2D eigenvalue weighted by Gasteiger charge is 2.24.